The van der Waals surface area contributed by atoms with Gasteiger partial charge in [-0.2, -0.15) is 8.62 Å². The SMILES string of the molecule is Nc1ncnc2c1ncn2[C@@H]1O[C@H](C(OP(=O)(O)OP(=O)(O)OP(=O)(O)O)(C(=O)c2ccccc2)C(=O)c2ccccc2)[C@@H](O)[C@H]1O. The Balaban J connectivity index is 1.70. The van der Waals surface area contributed by atoms with E-state index in [1.165, 1.54) is 36.4 Å². The first-order valence-corrected chi connectivity index (χ1v) is 17.5. The second kappa shape index (κ2) is 12.8. The van der Waals surface area contributed by atoms with Crippen LogP contribution in [0.2, 0.25) is 0 Å². The number of nitrogens with two attached hydrogens (primary N) is 1. The van der Waals surface area contributed by atoms with E-state index in [-0.39, 0.29) is 17.0 Å². The fourth-order valence-corrected chi connectivity index (χ4v) is 8.14. The summed E-state index contributed by atoms with van der Waals surface area (Å²) in [7, 11) is -18.4. The molecule has 0 radical (unpaired) electrons. The van der Waals surface area contributed by atoms with Crippen molar-refractivity contribution < 1.29 is 71.0 Å². The molecular weight excluding hydrogens is 691 g/mol. The number of anilines is 1. The van der Waals surface area contributed by atoms with Crippen LogP contribution in [0.4, 0.5) is 5.82 Å². The summed E-state index contributed by atoms with van der Waals surface area (Å²) in [5.41, 5.74) is 1.48. The Hall–Kier alpha value is -3.58. The number of aromatic nitrogens is 4. The summed E-state index contributed by atoms with van der Waals surface area (Å²) in [5.74, 6) is -3.04. The quantitative estimate of drug-likeness (QED) is 0.0608. The van der Waals surface area contributed by atoms with Crippen LogP contribution in [0.3, 0.4) is 0 Å². The second-order valence-corrected chi connectivity index (χ2v) is 14.2. The molecule has 6 atom stereocenters. The number of nitrogen functional groups attached to an aromatic ring is 1. The Morgan fingerprint density at radius 3 is 1.89 bits per heavy atom. The number of benzene rings is 2. The minimum atomic E-state index is -6.35. The number of hydrogen-bond acceptors (Lipinski definition) is 15. The Bertz CT molecular complexity index is 1910. The monoisotopic (exact) mass is 715 g/mol. The fraction of sp³-hybridized carbons (Fsp3) is 0.208. The largest absolute Gasteiger partial charge is 0.490 e. The lowest BCUT2D eigenvalue weighted by molar-refractivity contribution is -0.0988. The number of rotatable bonds is 12. The number of aliphatic hydroxyl groups excluding tert-OH is 2. The van der Waals surface area contributed by atoms with Crippen molar-refractivity contribution in [2.45, 2.75) is 30.1 Å². The zero-order chi connectivity index (χ0) is 34.4. The lowest BCUT2D eigenvalue weighted by Crippen LogP contribution is -2.61. The highest BCUT2D eigenvalue weighted by molar-refractivity contribution is 7.66. The normalized spacial score (nSPS) is 22.9. The minimum Gasteiger partial charge on any atom is -0.387 e. The molecule has 1 aliphatic rings. The standard InChI is InChI=1S/C24H24N5O15P3/c25-21-15-22(27-11-26-21)29(12-28-15)23-17(31)16(30)20(41-23)24(18(32)13-7-3-1-4-8-13,19(33)14-9-5-2-6-10-14)42-46(37,38)44-47(39,40)43-45(34,35)36/h1-12,16-17,20,23,30-31H,(H,37,38)(H,39,40)(H2,25,26,27)(H2,34,35,36)/t16-,17+,20-,23+/m0/s1. The van der Waals surface area contributed by atoms with Crippen LogP contribution in [0.25, 0.3) is 11.2 Å². The summed E-state index contributed by atoms with van der Waals surface area (Å²) in [6.07, 6.45) is -6.42. The first-order chi connectivity index (χ1) is 22.0. The van der Waals surface area contributed by atoms with E-state index >= 15 is 0 Å². The number of fused-ring (bicyclic) bond motifs is 1. The zero-order valence-corrected chi connectivity index (χ0v) is 26.0. The lowest BCUT2D eigenvalue weighted by atomic mass is 9.79. The molecule has 0 amide bonds. The maximum Gasteiger partial charge on any atom is 0.490 e. The molecule has 8 N–H and O–H groups in total. The summed E-state index contributed by atoms with van der Waals surface area (Å²) in [6.45, 7) is 0. The Kier molecular flexibility index (Phi) is 9.46. The average Bonchev–Trinajstić information content (AvgIpc) is 3.55. The lowest BCUT2D eigenvalue weighted by Gasteiger charge is -2.37. The highest BCUT2D eigenvalue weighted by Crippen LogP contribution is 2.67. The van der Waals surface area contributed by atoms with Gasteiger partial charge in [-0.05, 0) is 0 Å². The van der Waals surface area contributed by atoms with Gasteiger partial charge in [0.2, 0.25) is 17.2 Å². The van der Waals surface area contributed by atoms with Crippen molar-refractivity contribution in [3.63, 3.8) is 0 Å². The van der Waals surface area contributed by atoms with E-state index in [1.807, 2.05) is 0 Å². The molecule has 0 saturated carbocycles. The Labute approximate surface area is 262 Å². The van der Waals surface area contributed by atoms with Crippen LogP contribution in [-0.2, 0) is 31.6 Å². The van der Waals surface area contributed by atoms with Gasteiger partial charge in [-0.1, -0.05) is 60.7 Å². The van der Waals surface area contributed by atoms with Crippen LogP contribution in [0.1, 0.15) is 26.9 Å². The van der Waals surface area contributed by atoms with Crippen molar-refractivity contribution in [2.75, 3.05) is 5.73 Å². The first kappa shape index (κ1) is 34.7. The highest BCUT2D eigenvalue weighted by atomic mass is 31.3. The number of carbonyl (C=O) groups is 2. The number of hydrogen-bond donors (Lipinski definition) is 7. The molecule has 20 nitrogen and oxygen atoms in total. The maximum absolute atomic E-state index is 14.4. The second-order valence-electron chi connectivity index (χ2n) is 9.82. The molecule has 0 aliphatic carbocycles. The van der Waals surface area contributed by atoms with Gasteiger partial charge in [0.05, 0.1) is 6.33 Å². The molecule has 23 heteroatoms. The minimum absolute atomic E-state index is 0.0292. The number of imidazole rings is 1. The van der Waals surface area contributed by atoms with Gasteiger partial charge < -0.3 is 40.3 Å². The van der Waals surface area contributed by atoms with Gasteiger partial charge in [0.15, 0.2) is 17.7 Å². The Morgan fingerprint density at radius 1 is 0.809 bits per heavy atom. The van der Waals surface area contributed by atoms with E-state index in [2.05, 4.69) is 23.6 Å². The van der Waals surface area contributed by atoms with Gasteiger partial charge in [0, 0.05) is 11.1 Å². The van der Waals surface area contributed by atoms with Crippen LogP contribution >= 0.6 is 23.5 Å². The summed E-state index contributed by atoms with van der Waals surface area (Å²) < 4.78 is 56.5. The topological polar surface area (TPSA) is 313 Å². The third-order valence-electron chi connectivity index (χ3n) is 6.72. The molecule has 2 unspecified atom stereocenters. The van der Waals surface area contributed by atoms with E-state index in [1.54, 1.807) is 0 Å². The van der Waals surface area contributed by atoms with Gasteiger partial charge in [0.25, 0.3) is 0 Å². The van der Waals surface area contributed by atoms with Crippen molar-refractivity contribution in [3.8, 4) is 0 Å². The molecule has 2 aromatic heterocycles. The molecule has 0 bridgehead atoms. The molecular formula is C24H24N5O15P3. The summed E-state index contributed by atoms with van der Waals surface area (Å²) in [4.78, 5) is 79.1. The molecule has 5 rings (SSSR count). The molecule has 2 aromatic carbocycles. The maximum atomic E-state index is 14.4. The Morgan fingerprint density at radius 2 is 1.36 bits per heavy atom. The number of phosphoric acid groups is 3. The number of ether oxygens (including phenoxy) is 1. The van der Waals surface area contributed by atoms with Crippen molar-refractivity contribution in [2.24, 2.45) is 0 Å². The van der Waals surface area contributed by atoms with E-state index < -0.39 is 76.3 Å². The number of phosphoric ester groups is 1. The van der Waals surface area contributed by atoms with Crippen molar-refractivity contribution >= 4 is 52.0 Å². The van der Waals surface area contributed by atoms with Crippen LogP contribution in [0, 0.1) is 0 Å². The van der Waals surface area contributed by atoms with Crippen LogP contribution in [0.5, 0.6) is 0 Å². The third kappa shape index (κ3) is 7.01. The molecule has 250 valence electrons. The summed E-state index contributed by atoms with van der Waals surface area (Å²) in [6, 6.07) is 12.9. The molecule has 1 saturated heterocycles. The van der Waals surface area contributed by atoms with Gasteiger partial charge in [-0.15, -0.1) is 0 Å². The fourth-order valence-electron chi connectivity index (χ4n) is 4.86. The number of nitrogens with zero attached hydrogens (tertiary/aromatic N) is 4. The van der Waals surface area contributed by atoms with Gasteiger partial charge in [-0.25, -0.2) is 28.6 Å². The molecule has 1 fully saturated rings. The average molecular weight is 715 g/mol. The molecule has 1 aliphatic heterocycles. The van der Waals surface area contributed by atoms with Crippen molar-refractivity contribution in [1.82, 2.24) is 19.5 Å². The predicted octanol–water partition coefficient (Wildman–Crippen LogP) is 0.876. The third-order valence-corrected chi connectivity index (χ3v) is 10.6. The molecule has 4 aromatic rings. The van der Waals surface area contributed by atoms with Gasteiger partial charge >= 0.3 is 23.5 Å². The van der Waals surface area contributed by atoms with E-state index in [9.17, 15) is 43.3 Å². The number of carbonyl (C=O) groups excluding carboxylic acids is 2. The number of ketones is 2. The predicted molar refractivity (Wildman–Crippen MR) is 155 cm³/mol. The number of Topliss-reactive ketones (excluding diaryl/α,β-unsaturated/α-hetero) is 2. The first-order valence-electron chi connectivity index (χ1n) is 12.9. The number of aliphatic hydroxyl groups is 2. The van der Waals surface area contributed by atoms with Crippen molar-refractivity contribution in [1.29, 1.82) is 0 Å². The van der Waals surface area contributed by atoms with E-state index in [4.69, 9.17) is 24.8 Å². The summed E-state index contributed by atoms with van der Waals surface area (Å²) in [5, 5.41) is 22.5. The zero-order valence-electron chi connectivity index (χ0n) is 23.3. The van der Waals surface area contributed by atoms with E-state index in [0.717, 1.165) is 41.5 Å². The van der Waals surface area contributed by atoms with Crippen LogP contribution < -0.4 is 5.73 Å². The smallest absolute Gasteiger partial charge is 0.387 e. The molecule has 47 heavy (non-hydrogen) atoms. The molecule has 0 spiro atoms. The van der Waals surface area contributed by atoms with Gasteiger partial charge in [-0.3, -0.25) is 18.7 Å². The molecule has 3 heterocycles. The summed E-state index contributed by atoms with van der Waals surface area (Å²) >= 11 is 0. The van der Waals surface area contributed by atoms with E-state index in [0.29, 0.717) is 0 Å². The van der Waals surface area contributed by atoms with Crippen LogP contribution in [0.15, 0.2) is 73.3 Å². The highest BCUT2D eigenvalue weighted by Gasteiger charge is 2.66. The van der Waals surface area contributed by atoms with Crippen LogP contribution in [-0.4, -0.2) is 84.8 Å². The van der Waals surface area contributed by atoms with Gasteiger partial charge in [0.1, 0.15) is 30.2 Å². The van der Waals surface area contributed by atoms with Crippen molar-refractivity contribution in [3.05, 3.63) is 84.4 Å².